The number of hydrogen-bond acceptors (Lipinski definition) is 6. The van der Waals surface area contributed by atoms with Crippen molar-refractivity contribution in [3.05, 3.63) is 36.7 Å². The Labute approximate surface area is 98.8 Å². The van der Waals surface area contributed by atoms with Crippen LogP contribution in [0.5, 0.6) is 5.75 Å². The first-order valence-corrected chi connectivity index (χ1v) is 5.23. The maximum absolute atomic E-state index is 5.50. The number of nitrogens with zero attached hydrogens (tertiary/aromatic N) is 3. The predicted octanol–water partition coefficient (Wildman–Crippen LogP) is 0.953. The average Bonchev–Trinajstić information content (AvgIpc) is 2.39. The second-order valence-electron chi connectivity index (χ2n) is 3.22. The molecule has 6 heteroatoms. The van der Waals surface area contributed by atoms with Gasteiger partial charge in [0.05, 0.1) is 18.1 Å². The van der Waals surface area contributed by atoms with Crippen LogP contribution in [0.25, 0.3) is 0 Å². The third-order valence-corrected chi connectivity index (χ3v) is 1.99. The number of anilines is 2. The summed E-state index contributed by atoms with van der Waals surface area (Å²) < 4.78 is 5.50. The van der Waals surface area contributed by atoms with Gasteiger partial charge in [-0.05, 0) is 12.1 Å². The Morgan fingerprint density at radius 3 is 2.88 bits per heavy atom. The minimum atomic E-state index is 0.427. The van der Waals surface area contributed by atoms with E-state index in [1.807, 2.05) is 24.3 Å². The van der Waals surface area contributed by atoms with Gasteiger partial charge < -0.3 is 15.8 Å². The van der Waals surface area contributed by atoms with Gasteiger partial charge in [-0.25, -0.2) is 4.98 Å². The Bertz CT molecular complexity index is 462. The molecular weight excluding hydrogens is 218 g/mol. The normalized spacial score (nSPS) is 9.94. The van der Waals surface area contributed by atoms with Crippen LogP contribution < -0.4 is 15.8 Å². The monoisotopic (exact) mass is 231 g/mol. The highest BCUT2D eigenvalue weighted by molar-refractivity contribution is 5.61. The van der Waals surface area contributed by atoms with E-state index in [2.05, 4.69) is 20.5 Å². The molecule has 0 saturated carbocycles. The van der Waals surface area contributed by atoms with Crippen molar-refractivity contribution in [1.29, 1.82) is 0 Å². The molecule has 0 saturated heterocycles. The summed E-state index contributed by atoms with van der Waals surface area (Å²) in [7, 11) is 0. The van der Waals surface area contributed by atoms with Gasteiger partial charge in [0, 0.05) is 6.54 Å². The molecule has 88 valence electrons. The van der Waals surface area contributed by atoms with Crippen LogP contribution in [-0.4, -0.2) is 28.3 Å². The van der Waals surface area contributed by atoms with Crippen LogP contribution in [-0.2, 0) is 0 Å². The maximum Gasteiger partial charge on any atom is 0.247 e. The Balaban J connectivity index is 2.15. The van der Waals surface area contributed by atoms with Gasteiger partial charge in [0.15, 0.2) is 0 Å². The molecule has 3 N–H and O–H groups in total. The van der Waals surface area contributed by atoms with Gasteiger partial charge in [0.1, 0.15) is 12.4 Å². The van der Waals surface area contributed by atoms with Gasteiger partial charge in [0.2, 0.25) is 5.95 Å². The topological polar surface area (TPSA) is 86.0 Å². The lowest BCUT2D eigenvalue weighted by Gasteiger charge is -2.10. The minimum absolute atomic E-state index is 0.427. The third kappa shape index (κ3) is 3.12. The first kappa shape index (κ1) is 11.3. The fraction of sp³-hybridized carbons (Fsp3) is 0.182. The molecule has 2 rings (SSSR count). The van der Waals surface area contributed by atoms with Crippen molar-refractivity contribution in [2.24, 2.45) is 5.73 Å². The fourth-order valence-corrected chi connectivity index (χ4v) is 1.29. The van der Waals surface area contributed by atoms with Crippen LogP contribution in [0.1, 0.15) is 0 Å². The van der Waals surface area contributed by atoms with Crippen LogP contribution in [0.2, 0.25) is 0 Å². The van der Waals surface area contributed by atoms with E-state index >= 15 is 0 Å². The number of nitrogens with one attached hydrogen (secondary N) is 1. The summed E-state index contributed by atoms with van der Waals surface area (Å²) >= 11 is 0. The van der Waals surface area contributed by atoms with Gasteiger partial charge >= 0.3 is 0 Å². The van der Waals surface area contributed by atoms with E-state index in [0.29, 0.717) is 24.8 Å². The van der Waals surface area contributed by atoms with Gasteiger partial charge in [-0.2, -0.15) is 5.10 Å². The molecule has 0 radical (unpaired) electrons. The zero-order valence-electron chi connectivity index (χ0n) is 9.21. The lowest BCUT2D eigenvalue weighted by atomic mass is 10.3. The molecule has 0 amide bonds. The van der Waals surface area contributed by atoms with E-state index in [1.54, 1.807) is 6.20 Å². The zero-order chi connectivity index (χ0) is 11.9. The van der Waals surface area contributed by atoms with E-state index in [4.69, 9.17) is 10.5 Å². The van der Waals surface area contributed by atoms with Crippen molar-refractivity contribution in [1.82, 2.24) is 15.2 Å². The van der Waals surface area contributed by atoms with Gasteiger partial charge in [-0.1, -0.05) is 12.1 Å². The van der Waals surface area contributed by atoms with E-state index in [1.165, 1.54) is 6.20 Å². The molecule has 0 fully saturated rings. The molecule has 0 aliphatic heterocycles. The first-order chi connectivity index (χ1) is 8.40. The second-order valence-corrected chi connectivity index (χ2v) is 3.22. The highest BCUT2D eigenvalue weighted by Crippen LogP contribution is 2.25. The Morgan fingerprint density at radius 1 is 1.24 bits per heavy atom. The highest BCUT2D eigenvalue weighted by atomic mass is 16.5. The summed E-state index contributed by atoms with van der Waals surface area (Å²) in [5.74, 6) is 1.14. The van der Waals surface area contributed by atoms with Crippen molar-refractivity contribution >= 4 is 11.6 Å². The number of ether oxygens (including phenoxy) is 1. The fourth-order valence-electron chi connectivity index (χ4n) is 1.29. The van der Waals surface area contributed by atoms with Crippen molar-refractivity contribution in [3.63, 3.8) is 0 Å². The Hall–Kier alpha value is -2.21. The van der Waals surface area contributed by atoms with Crippen LogP contribution in [0, 0.1) is 0 Å². The van der Waals surface area contributed by atoms with E-state index in [0.717, 1.165) is 5.69 Å². The van der Waals surface area contributed by atoms with E-state index in [-0.39, 0.29) is 0 Å². The summed E-state index contributed by atoms with van der Waals surface area (Å²) in [4.78, 5) is 4.03. The van der Waals surface area contributed by atoms with Gasteiger partial charge in [-0.3, -0.25) is 0 Å². The van der Waals surface area contributed by atoms with Crippen LogP contribution >= 0.6 is 0 Å². The molecule has 0 spiro atoms. The Kier molecular flexibility index (Phi) is 3.82. The number of para-hydroxylation sites is 2. The molecule has 17 heavy (non-hydrogen) atoms. The standard InChI is InChI=1S/C11H13N5O/c12-5-8-17-10-4-2-1-3-9(10)15-11-13-6-7-14-16-11/h1-4,6-7H,5,8,12H2,(H,13,15,16). The summed E-state index contributed by atoms with van der Waals surface area (Å²) in [6.45, 7) is 0.935. The van der Waals surface area contributed by atoms with E-state index < -0.39 is 0 Å². The number of benzene rings is 1. The molecule has 0 aliphatic rings. The molecular formula is C11H13N5O. The minimum Gasteiger partial charge on any atom is -0.490 e. The molecule has 0 unspecified atom stereocenters. The SMILES string of the molecule is NCCOc1ccccc1Nc1nccnn1. The highest BCUT2D eigenvalue weighted by Gasteiger charge is 2.04. The lowest BCUT2D eigenvalue weighted by Crippen LogP contribution is -2.11. The van der Waals surface area contributed by atoms with Crippen molar-refractivity contribution < 1.29 is 4.74 Å². The number of hydrogen-bond donors (Lipinski definition) is 2. The number of nitrogens with two attached hydrogens (primary N) is 1. The van der Waals surface area contributed by atoms with Crippen LogP contribution in [0.15, 0.2) is 36.7 Å². The molecule has 1 heterocycles. The van der Waals surface area contributed by atoms with Crippen molar-refractivity contribution in [3.8, 4) is 5.75 Å². The van der Waals surface area contributed by atoms with Crippen LogP contribution in [0.3, 0.4) is 0 Å². The summed E-state index contributed by atoms with van der Waals surface area (Å²) in [5, 5.41) is 10.6. The smallest absolute Gasteiger partial charge is 0.247 e. The maximum atomic E-state index is 5.50. The van der Waals surface area contributed by atoms with Gasteiger partial charge in [-0.15, -0.1) is 5.10 Å². The van der Waals surface area contributed by atoms with Crippen LogP contribution in [0.4, 0.5) is 11.6 Å². The first-order valence-electron chi connectivity index (χ1n) is 5.23. The molecule has 6 nitrogen and oxygen atoms in total. The molecule has 2 aromatic rings. The largest absolute Gasteiger partial charge is 0.490 e. The van der Waals surface area contributed by atoms with Gasteiger partial charge in [0.25, 0.3) is 0 Å². The quantitative estimate of drug-likeness (QED) is 0.796. The average molecular weight is 231 g/mol. The third-order valence-electron chi connectivity index (χ3n) is 1.99. The summed E-state index contributed by atoms with van der Waals surface area (Å²) in [6.07, 6.45) is 3.08. The Morgan fingerprint density at radius 2 is 2.12 bits per heavy atom. The van der Waals surface area contributed by atoms with E-state index in [9.17, 15) is 0 Å². The lowest BCUT2D eigenvalue weighted by molar-refractivity contribution is 0.330. The van der Waals surface area contributed by atoms with Crippen molar-refractivity contribution in [2.75, 3.05) is 18.5 Å². The number of rotatable bonds is 5. The zero-order valence-corrected chi connectivity index (χ0v) is 9.21. The molecule has 0 atom stereocenters. The van der Waals surface area contributed by atoms with Crippen molar-refractivity contribution in [2.45, 2.75) is 0 Å². The summed E-state index contributed by atoms with van der Waals surface area (Å²) in [6, 6.07) is 7.52. The molecule has 1 aromatic carbocycles. The summed E-state index contributed by atoms with van der Waals surface area (Å²) in [5.41, 5.74) is 6.18. The molecule has 0 aliphatic carbocycles. The predicted molar refractivity (Wildman–Crippen MR) is 64.1 cm³/mol. The molecule has 0 bridgehead atoms. The molecule has 1 aromatic heterocycles. The number of aromatic nitrogens is 3. The second kappa shape index (κ2) is 5.76.